The standard InChI is InChI=1S/C12H7N5O2/c1-7-2-10(8(5-15-7)12(18)19)17-6-16-9(3-13)11(17)4-14/h2,5-6H,1H3,(H,18,19). The number of hydrogen-bond donors (Lipinski definition) is 1. The van der Waals surface area contributed by atoms with E-state index in [1.165, 1.54) is 23.2 Å². The number of imidazole rings is 1. The summed E-state index contributed by atoms with van der Waals surface area (Å²) in [4.78, 5) is 18.8. The number of aromatic nitrogens is 3. The van der Waals surface area contributed by atoms with Gasteiger partial charge in [0.1, 0.15) is 24.0 Å². The Bertz CT molecular complexity index is 748. The minimum atomic E-state index is -1.17. The van der Waals surface area contributed by atoms with Gasteiger partial charge in [-0.15, -0.1) is 0 Å². The first-order chi connectivity index (χ1) is 9.08. The molecule has 7 nitrogen and oxygen atoms in total. The van der Waals surface area contributed by atoms with Gasteiger partial charge in [0.05, 0.1) is 5.69 Å². The van der Waals surface area contributed by atoms with Crippen LogP contribution in [-0.2, 0) is 0 Å². The molecular formula is C12H7N5O2. The van der Waals surface area contributed by atoms with E-state index in [0.717, 1.165) is 0 Å². The highest BCUT2D eigenvalue weighted by Crippen LogP contribution is 2.18. The first-order valence-corrected chi connectivity index (χ1v) is 5.16. The molecule has 0 aliphatic heterocycles. The lowest BCUT2D eigenvalue weighted by atomic mass is 10.2. The number of hydrogen-bond acceptors (Lipinski definition) is 5. The summed E-state index contributed by atoms with van der Waals surface area (Å²) in [5, 5.41) is 27.0. The van der Waals surface area contributed by atoms with E-state index < -0.39 is 5.97 Å². The molecule has 0 amide bonds. The van der Waals surface area contributed by atoms with E-state index in [4.69, 9.17) is 15.6 Å². The second kappa shape index (κ2) is 4.59. The molecule has 0 fully saturated rings. The van der Waals surface area contributed by atoms with Gasteiger partial charge in [0.25, 0.3) is 0 Å². The van der Waals surface area contributed by atoms with Crippen LogP contribution in [0.2, 0.25) is 0 Å². The quantitative estimate of drug-likeness (QED) is 0.853. The summed E-state index contributed by atoms with van der Waals surface area (Å²) >= 11 is 0. The van der Waals surface area contributed by atoms with Crippen molar-refractivity contribution in [2.24, 2.45) is 0 Å². The lowest BCUT2D eigenvalue weighted by molar-refractivity contribution is 0.0696. The third kappa shape index (κ3) is 2.01. The van der Waals surface area contributed by atoms with Crippen LogP contribution in [0.25, 0.3) is 5.69 Å². The van der Waals surface area contributed by atoms with Gasteiger partial charge < -0.3 is 5.11 Å². The van der Waals surface area contributed by atoms with Crippen molar-refractivity contribution in [3.63, 3.8) is 0 Å². The Morgan fingerprint density at radius 1 is 1.37 bits per heavy atom. The van der Waals surface area contributed by atoms with E-state index in [9.17, 15) is 4.79 Å². The molecule has 19 heavy (non-hydrogen) atoms. The number of pyridine rings is 1. The summed E-state index contributed by atoms with van der Waals surface area (Å²) in [6.07, 6.45) is 2.46. The lowest BCUT2D eigenvalue weighted by Crippen LogP contribution is -2.08. The topological polar surface area (TPSA) is 116 Å². The number of nitrogens with zero attached hydrogens (tertiary/aromatic N) is 5. The van der Waals surface area contributed by atoms with Crippen LogP contribution in [0.15, 0.2) is 18.6 Å². The fraction of sp³-hybridized carbons (Fsp3) is 0.0833. The average Bonchev–Trinajstić information content (AvgIpc) is 2.80. The summed E-state index contributed by atoms with van der Waals surface area (Å²) in [5.41, 5.74) is 0.731. The van der Waals surface area contributed by atoms with Gasteiger partial charge in [0, 0.05) is 11.9 Å². The second-order valence-electron chi connectivity index (χ2n) is 3.68. The molecule has 0 aliphatic carbocycles. The normalized spacial score (nSPS) is 9.63. The summed E-state index contributed by atoms with van der Waals surface area (Å²) in [6, 6.07) is 5.15. The number of carboxylic acid groups (broad SMARTS) is 1. The van der Waals surface area contributed by atoms with Crippen molar-refractivity contribution in [2.45, 2.75) is 6.92 Å². The van der Waals surface area contributed by atoms with Crippen molar-refractivity contribution in [1.82, 2.24) is 14.5 Å². The Balaban J connectivity index is 2.76. The Hall–Kier alpha value is -3.19. The van der Waals surface area contributed by atoms with Crippen molar-refractivity contribution >= 4 is 5.97 Å². The fourth-order valence-corrected chi connectivity index (χ4v) is 1.63. The van der Waals surface area contributed by atoms with Crippen LogP contribution in [-0.4, -0.2) is 25.6 Å². The number of aryl methyl sites for hydroxylation is 1. The molecule has 2 heterocycles. The molecule has 92 valence electrons. The fourth-order valence-electron chi connectivity index (χ4n) is 1.63. The molecule has 7 heteroatoms. The Labute approximate surface area is 108 Å². The van der Waals surface area contributed by atoms with Crippen molar-refractivity contribution < 1.29 is 9.90 Å². The third-order valence-corrected chi connectivity index (χ3v) is 2.49. The molecular weight excluding hydrogens is 246 g/mol. The zero-order valence-corrected chi connectivity index (χ0v) is 9.82. The maximum absolute atomic E-state index is 11.2. The summed E-state index contributed by atoms with van der Waals surface area (Å²) < 4.78 is 1.27. The highest BCUT2D eigenvalue weighted by atomic mass is 16.4. The minimum Gasteiger partial charge on any atom is -0.478 e. The SMILES string of the molecule is Cc1cc(-n2cnc(C#N)c2C#N)c(C(=O)O)cn1. The molecule has 2 aromatic heterocycles. The third-order valence-electron chi connectivity index (χ3n) is 2.49. The molecule has 2 rings (SSSR count). The predicted molar refractivity (Wildman–Crippen MR) is 62.5 cm³/mol. The smallest absolute Gasteiger partial charge is 0.339 e. The van der Waals surface area contributed by atoms with Gasteiger partial charge in [-0.05, 0) is 13.0 Å². The Kier molecular flexibility index (Phi) is 2.96. The van der Waals surface area contributed by atoms with E-state index in [0.29, 0.717) is 5.69 Å². The van der Waals surface area contributed by atoms with Gasteiger partial charge in [-0.1, -0.05) is 0 Å². The van der Waals surface area contributed by atoms with Gasteiger partial charge in [0.15, 0.2) is 11.4 Å². The van der Waals surface area contributed by atoms with Crippen molar-refractivity contribution in [1.29, 1.82) is 10.5 Å². The van der Waals surface area contributed by atoms with Crippen LogP contribution in [0.4, 0.5) is 0 Å². The molecule has 0 saturated heterocycles. The van der Waals surface area contributed by atoms with Gasteiger partial charge in [0.2, 0.25) is 0 Å². The summed E-state index contributed by atoms with van der Waals surface area (Å²) in [7, 11) is 0. The number of carboxylic acids is 1. The monoisotopic (exact) mass is 253 g/mol. The number of nitriles is 2. The number of rotatable bonds is 2. The molecule has 1 N–H and O–H groups in total. The van der Waals surface area contributed by atoms with Crippen molar-refractivity contribution in [2.75, 3.05) is 0 Å². The van der Waals surface area contributed by atoms with Crippen LogP contribution in [0.3, 0.4) is 0 Å². The second-order valence-corrected chi connectivity index (χ2v) is 3.68. The van der Waals surface area contributed by atoms with Gasteiger partial charge in [-0.25, -0.2) is 9.78 Å². The van der Waals surface area contributed by atoms with E-state index in [2.05, 4.69) is 9.97 Å². The first kappa shape index (κ1) is 12.3. The number of carbonyl (C=O) groups is 1. The van der Waals surface area contributed by atoms with Crippen LogP contribution >= 0.6 is 0 Å². The number of aromatic carboxylic acids is 1. The van der Waals surface area contributed by atoms with Crippen LogP contribution in [0.5, 0.6) is 0 Å². The molecule has 0 bridgehead atoms. The van der Waals surface area contributed by atoms with Gasteiger partial charge in [-0.2, -0.15) is 10.5 Å². The molecule has 2 aromatic rings. The zero-order valence-electron chi connectivity index (χ0n) is 9.82. The maximum Gasteiger partial charge on any atom is 0.339 e. The van der Waals surface area contributed by atoms with Crippen molar-refractivity contribution in [3.8, 4) is 17.8 Å². The average molecular weight is 253 g/mol. The highest BCUT2D eigenvalue weighted by molar-refractivity contribution is 5.91. The van der Waals surface area contributed by atoms with Gasteiger partial charge >= 0.3 is 5.97 Å². The molecule has 0 radical (unpaired) electrons. The van der Waals surface area contributed by atoms with Crippen LogP contribution < -0.4 is 0 Å². The molecule has 0 saturated carbocycles. The van der Waals surface area contributed by atoms with E-state index in [1.807, 2.05) is 6.07 Å². The summed E-state index contributed by atoms with van der Waals surface area (Å²) in [6.45, 7) is 1.70. The van der Waals surface area contributed by atoms with Gasteiger partial charge in [-0.3, -0.25) is 9.55 Å². The molecule has 0 aromatic carbocycles. The van der Waals surface area contributed by atoms with E-state index in [-0.39, 0.29) is 22.6 Å². The van der Waals surface area contributed by atoms with Crippen molar-refractivity contribution in [3.05, 3.63) is 41.2 Å². The first-order valence-electron chi connectivity index (χ1n) is 5.16. The largest absolute Gasteiger partial charge is 0.478 e. The molecule has 0 aliphatic rings. The Morgan fingerprint density at radius 3 is 2.68 bits per heavy atom. The Morgan fingerprint density at radius 2 is 2.11 bits per heavy atom. The molecule has 0 spiro atoms. The minimum absolute atomic E-state index is 0.00407. The predicted octanol–water partition coefficient (Wildman–Crippen LogP) is 1.02. The van der Waals surface area contributed by atoms with E-state index >= 15 is 0 Å². The zero-order chi connectivity index (χ0) is 14.0. The van der Waals surface area contributed by atoms with Crippen LogP contribution in [0, 0.1) is 29.6 Å². The van der Waals surface area contributed by atoms with Crippen LogP contribution in [0.1, 0.15) is 27.4 Å². The maximum atomic E-state index is 11.2. The highest BCUT2D eigenvalue weighted by Gasteiger charge is 2.18. The summed E-state index contributed by atoms with van der Waals surface area (Å²) in [5.74, 6) is -1.17. The van der Waals surface area contributed by atoms with E-state index in [1.54, 1.807) is 13.0 Å². The molecule has 0 atom stereocenters. The lowest BCUT2D eigenvalue weighted by Gasteiger charge is -2.08. The molecule has 0 unspecified atom stereocenters.